The van der Waals surface area contributed by atoms with Gasteiger partial charge in [0.15, 0.2) is 6.29 Å². The van der Waals surface area contributed by atoms with Crippen molar-refractivity contribution in [2.75, 3.05) is 63.6 Å². The number of halogens is 1. The van der Waals surface area contributed by atoms with E-state index in [1.807, 2.05) is 18.2 Å². The number of hydrogen-bond acceptors (Lipinski definition) is 10. The van der Waals surface area contributed by atoms with E-state index in [9.17, 15) is 9.90 Å². The van der Waals surface area contributed by atoms with Crippen molar-refractivity contribution in [3.63, 3.8) is 0 Å². The van der Waals surface area contributed by atoms with E-state index in [0.717, 1.165) is 57.8 Å². The number of aldehydes is 1. The van der Waals surface area contributed by atoms with Gasteiger partial charge in [-0.2, -0.15) is 4.98 Å². The maximum atomic E-state index is 11.7. The van der Waals surface area contributed by atoms with Crippen molar-refractivity contribution in [2.24, 2.45) is 0 Å². The van der Waals surface area contributed by atoms with Crippen molar-refractivity contribution < 1.29 is 19.4 Å². The Morgan fingerprint density at radius 2 is 1.71 bits per heavy atom. The SMILES string of the molecule is COc1cc(N2CCC(N3CCN(C)CC3)CC2)ccc1Nc1ncc(Cl)c(Oc2ccccc2-c2cccc(O)c2C=O)n1. The summed E-state index contributed by atoms with van der Waals surface area (Å²) in [5, 5.41) is 13.7. The van der Waals surface area contributed by atoms with E-state index < -0.39 is 0 Å². The van der Waals surface area contributed by atoms with Gasteiger partial charge >= 0.3 is 0 Å². The molecule has 2 fully saturated rings. The highest BCUT2D eigenvalue weighted by atomic mass is 35.5. The lowest BCUT2D eigenvalue weighted by Gasteiger charge is -2.42. The first-order chi connectivity index (χ1) is 21.9. The number of ether oxygens (including phenoxy) is 2. The largest absolute Gasteiger partial charge is 0.507 e. The Hall–Kier alpha value is -4.38. The number of benzene rings is 3. The Balaban J connectivity index is 1.17. The van der Waals surface area contributed by atoms with Crippen LogP contribution < -0.4 is 19.7 Å². The number of piperidine rings is 1. The molecule has 3 heterocycles. The molecule has 0 atom stereocenters. The smallest absolute Gasteiger partial charge is 0.243 e. The van der Waals surface area contributed by atoms with Crippen molar-refractivity contribution in [1.29, 1.82) is 0 Å². The molecule has 2 aliphatic heterocycles. The molecule has 2 N–H and O–H groups in total. The number of aromatic nitrogens is 2. The first-order valence-electron chi connectivity index (χ1n) is 15.1. The lowest BCUT2D eigenvalue weighted by Crippen LogP contribution is -2.52. The van der Waals surface area contributed by atoms with Crippen LogP contribution in [0.1, 0.15) is 23.2 Å². The molecule has 0 saturated carbocycles. The average Bonchev–Trinajstić information content (AvgIpc) is 3.07. The van der Waals surface area contributed by atoms with E-state index >= 15 is 0 Å². The molecule has 45 heavy (non-hydrogen) atoms. The topological polar surface area (TPSA) is 103 Å². The number of hydrogen-bond donors (Lipinski definition) is 2. The molecule has 234 valence electrons. The molecule has 11 heteroatoms. The number of anilines is 3. The molecule has 4 aromatic rings. The van der Waals surface area contributed by atoms with E-state index in [2.05, 4.69) is 43.1 Å². The van der Waals surface area contributed by atoms with Gasteiger partial charge in [-0.05, 0) is 49.7 Å². The Morgan fingerprint density at radius 3 is 2.47 bits per heavy atom. The van der Waals surface area contributed by atoms with Gasteiger partial charge in [0.1, 0.15) is 22.3 Å². The fraction of sp³-hybridized carbons (Fsp3) is 0.324. The maximum absolute atomic E-state index is 11.7. The summed E-state index contributed by atoms with van der Waals surface area (Å²) < 4.78 is 11.9. The third-order valence-electron chi connectivity index (χ3n) is 8.61. The van der Waals surface area contributed by atoms with Crippen molar-refractivity contribution in [3.8, 4) is 34.3 Å². The van der Waals surface area contributed by atoms with E-state index in [0.29, 0.717) is 40.6 Å². The lowest BCUT2D eigenvalue weighted by atomic mass is 9.99. The quantitative estimate of drug-likeness (QED) is 0.212. The summed E-state index contributed by atoms with van der Waals surface area (Å²) in [6, 6.07) is 18.8. The van der Waals surface area contributed by atoms with Crippen molar-refractivity contribution in [2.45, 2.75) is 18.9 Å². The molecule has 3 aromatic carbocycles. The normalized spacial score (nSPS) is 16.4. The van der Waals surface area contributed by atoms with Crippen LogP contribution in [0.3, 0.4) is 0 Å². The molecular weight excluding hydrogens is 592 g/mol. The number of para-hydroxylation sites is 1. The Bertz CT molecular complexity index is 1650. The summed E-state index contributed by atoms with van der Waals surface area (Å²) in [5.41, 5.74) is 3.12. The maximum Gasteiger partial charge on any atom is 0.243 e. The van der Waals surface area contributed by atoms with Gasteiger partial charge in [-0.3, -0.25) is 9.69 Å². The van der Waals surface area contributed by atoms with Crippen LogP contribution in [0.15, 0.2) is 66.9 Å². The van der Waals surface area contributed by atoms with Gasteiger partial charge in [0, 0.05) is 62.6 Å². The Morgan fingerprint density at radius 1 is 0.956 bits per heavy atom. The number of methoxy groups -OCH3 is 1. The summed E-state index contributed by atoms with van der Waals surface area (Å²) >= 11 is 6.45. The number of phenols is 1. The molecule has 2 saturated heterocycles. The van der Waals surface area contributed by atoms with Gasteiger partial charge < -0.3 is 29.7 Å². The highest BCUT2D eigenvalue weighted by molar-refractivity contribution is 6.31. The Kier molecular flexibility index (Phi) is 9.34. The van der Waals surface area contributed by atoms with Crippen molar-refractivity contribution in [1.82, 2.24) is 19.8 Å². The molecular formula is C34H37ClN6O4. The highest BCUT2D eigenvalue weighted by Crippen LogP contribution is 2.39. The Labute approximate surface area is 268 Å². The number of nitrogens with one attached hydrogen (secondary N) is 1. The van der Waals surface area contributed by atoms with Crippen molar-refractivity contribution in [3.05, 3.63) is 77.4 Å². The second-order valence-corrected chi connectivity index (χ2v) is 11.8. The van der Waals surface area contributed by atoms with Gasteiger partial charge in [0.05, 0.1) is 24.6 Å². The fourth-order valence-corrected chi connectivity index (χ4v) is 6.18. The zero-order valence-corrected chi connectivity index (χ0v) is 26.2. The van der Waals surface area contributed by atoms with E-state index in [-0.39, 0.29) is 28.2 Å². The third kappa shape index (κ3) is 6.83. The van der Waals surface area contributed by atoms with Gasteiger partial charge in [0.25, 0.3) is 0 Å². The van der Waals surface area contributed by atoms with Crippen LogP contribution in [-0.2, 0) is 0 Å². The zero-order valence-electron chi connectivity index (χ0n) is 25.4. The predicted octanol–water partition coefficient (Wildman–Crippen LogP) is 6.08. The second kappa shape index (κ2) is 13.7. The molecule has 0 amide bonds. The van der Waals surface area contributed by atoms with E-state index in [4.69, 9.17) is 21.1 Å². The molecule has 0 bridgehead atoms. The fourth-order valence-electron chi connectivity index (χ4n) is 6.05. The van der Waals surface area contributed by atoms with Gasteiger partial charge in [-0.15, -0.1) is 0 Å². The van der Waals surface area contributed by atoms with Crippen LogP contribution in [0, 0.1) is 0 Å². The van der Waals surface area contributed by atoms with Crippen LogP contribution in [0.4, 0.5) is 17.3 Å². The van der Waals surface area contributed by atoms with E-state index in [1.54, 1.807) is 37.4 Å². The van der Waals surface area contributed by atoms with Gasteiger partial charge in [-0.25, -0.2) is 4.98 Å². The number of nitrogens with zero attached hydrogens (tertiary/aromatic N) is 5. The second-order valence-electron chi connectivity index (χ2n) is 11.4. The predicted molar refractivity (Wildman–Crippen MR) is 177 cm³/mol. The van der Waals surface area contributed by atoms with Crippen LogP contribution in [-0.4, -0.2) is 90.6 Å². The zero-order chi connectivity index (χ0) is 31.3. The number of aromatic hydroxyl groups is 1. The summed E-state index contributed by atoms with van der Waals surface area (Å²) in [6.45, 7) is 6.61. The number of piperazine rings is 1. The molecule has 6 rings (SSSR count). The molecule has 0 aliphatic carbocycles. The minimum atomic E-state index is -0.112. The van der Waals surface area contributed by atoms with Crippen LogP contribution >= 0.6 is 11.6 Å². The molecule has 1 aromatic heterocycles. The van der Waals surface area contributed by atoms with Crippen LogP contribution in [0.25, 0.3) is 11.1 Å². The van der Waals surface area contributed by atoms with E-state index in [1.165, 1.54) is 12.3 Å². The number of phenolic OH excluding ortho intramolecular Hbond substituents is 1. The summed E-state index contributed by atoms with van der Waals surface area (Å²) in [7, 11) is 3.84. The average molecular weight is 629 g/mol. The number of likely N-dealkylation sites (N-methyl/N-ethyl adjacent to an activating group) is 1. The minimum Gasteiger partial charge on any atom is -0.507 e. The molecule has 0 spiro atoms. The summed E-state index contributed by atoms with van der Waals surface area (Å²) in [6.07, 6.45) is 4.39. The third-order valence-corrected chi connectivity index (χ3v) is 8.87. The molecule has 10 nitrogen and oxygen atoms in total. The lowest BCUT2D eigenvalue weighted by molar-refractivity contribution is 0.0982. The first kappa shape index (κ1) is 30.6. The standard InChI is InChI=1S/C34H37ClN6O4/c1-39-16-18-41(19-17-39)23-12-14-40(15-13-23)24-10-11-29(32(20-24)44-2)37-34-36-21-28(35)33(38-34)45-31-9-4-3-6-26(31)25-7-5-8-30(43)27(25)22-42/h3-11,20-23,43H,12-19H2,1-2H3,(H,36,37,38). The minimum absolute atomic E-state index is 0.112. The summed E-state index contributed by atoms with van der Waals surface area (Å²) in [4.78, 5) is 28.1. The highest BCUT2D eigenvalue weighted by Gasteiger charge is 2.27. The molecule has 0 radical (unpaired) electrons. The van der Waals surface area contributed by atoms with Crippen molar-refractivity contribution >= 4 is 35.2 Å². The van der Waals surface area contributed by atoms with Gasteiger partial charge in [-0.1, -0.05) is 41.9 Å². The van der Waals surface area contributed by atoms with Gasteiger partial charge in [0.2, 0.25) is 11.8 Å². The van der Waals surface area contributed by atoms with Crippen LogP contribution in [0.2, 0.25) is 5.02 Å². The molecule has 0 unspecified atom stereocenters. The monoisotopic (exact) mass is 628 g/mol. The number of rotatable bonds is 9. The summed E-state index contributed by atoms with van der Waals surface area (Å²) in [5.74, 6) is 1.38. The number of carbonyl (C=O) groups is 1. The van der Waals surface area contributed by atoms with Crippen LogP contribution in [0.5, 0.6) is 23.1 Å². The first-order valence-corrected chi connectivity index (χ1v) is 15.5. The molecule has 2 aliphatic rings. The number of carbonyl (C=O) groups excluding carboxylic acids is 1.